The summed E-state index contributed by atoms with van der Waals surface area (Å²) >= 11 is 0. The van der Waals surface area contributed by atoms with Crippen LogP contribution < -0.4 is 4.90 Å². The van der Waals surface area contributed by atoms with E-state index < -0.39 is 11.2 Å². The Balaban J connectivity index is 1.27. The van der Waals surface area contributed by atoms with E-state index in [-0.39, 0.29) is 18.0 Å². The van der Waals surface area contributed by atoms with Gasteiger partial charge in [-0.25, -0.2) is 8.91 Å². The Morgan fingerprint density at radius 1 is 1.18 bits per heavy atom. The Kier molecular flexibility index (Phi) is 5.94. The summed E-state index contributed by atoms with van der Waals surface area (Å²) < 4.78 is 18.3. The van der Waals surface area contributed by atoms with Gasteiger partial charge in [0.15, 0.2) is 5.82 Å². The SMILES string of the molecule is C[C@@H]1CN(c2ccc(C#N)n3ncc(F)c23)Cc2c3c(nn21)CN(CC(C)(C)C(=O)N1CCCC1)[C@@H](C)C3. The number of hydrogen-bond acceptors (Lipinski definition) is 6. The van der Waals surface area contributed by atoms with Crippen LogP contribution in [0.1, 0.15) is 69.2 Å². The minimum Gasteiger partial charge on any atom is -0.362 e. The van der Waals surface area contributed by atoms with Crippen LogP contribution in [0.4, 0.5) is 10.1 Å². The highest BCUT2D eigenvalue weighted by Gasteiger charge is 2.39. The molecule has 0 spiro atoms. The van der Waals surface area contributed by atoms with Gasteiger partial charge in [-0.2, -0.15) is 15.5 Å². The predicted molar refractivity (Wildman–Crippen MR) is 141 cm³/mol. The molecular weight excluding hydrogens is 483 g/mol. The van der Waals surface area contributed by atoms with Crippen LogP contribution in [-0.4, -0.2) is 67.3 Å². The van der Waals surface area contributed by atoms with Gasteiger partial charge in [0.05, 0.1) is 41.3 Å². The molecule has 9 nitrogen and oxygen atoms in total. The molecule has 0 bridgehead atoms. The lowest BCUT2D eigenvalue weighted by molar-refractivity contribution is -0.140. The van der Waals surface area contributed by atoms with Crippen LogP contribution in [0.5, 0.6) is 0 Å². The van der Waals surface area contributed by atoms with Crippen LogP contribution in [-0.2, 0) is 24.3 Å². The first-order chi connectivity index (χ1) is 18.2. The highest BCUT2D eigenvalue weighted by Crippen LogP contribution is 2.36. The fraction of sp³-hybridized carbons (Fsp3) is 0.571. The van der Waals surface area contributed by atoms with Gasteiger partial charge in [0.2, 0.25) is 5.91 Å². The van der Waals surface area contributed by atoms with E-state index in [4.69, 9.17) is 5.10 Å². The molecule has 1 amide bonds. The van der Waals surface area contributed by atoms with Crippen LogP contribution in [0.2, 0.25) is 0 Å². The van der Waals surface area contributed by atoms with Crippen molar-refractivity contribution < 1.29 is 9.18 Å². The Morgan fingerprint density at radius 3 is 2.68 bits per heavy atom. The molecule has 200 valence electrons. The van der Waals surface area contributed by atoms with Gasteiger partial charge in [0, 0.05) is 44.3 Å². The van der Waals surface area contributed by atoms with E-state index in [9.17, 15) is 14.4 Å². The van der Waals surface area contributed by atoms with E-state index in [0.29, 0.717) is 30.8 Å². The zero-order valence-corrected chi connectivity index (χ0v) is 22.6. The summed E-state index contributed by atoms with van der Waals surface area (Å²) in [6.07, 6.45) is 4.24. The summed E-state index contributed by atoms with van der Waals surface area (Å²) in [7, 11) is 0. The smallest absolute Gasteiger partial charge is 0.229 e. The maximum atomic E-state index is 14.8. The van der Waals surface area contributed by atoms with Crippen molar-refractivity contribution in [3.05, 3.63) is 46.8 Å². The van der Waals surface area contributed by atoms with Gasteiger partial charge in [0.1, 0.15) is 17.3 Å². The fourth-order valence-electron chi connectivity index (χ4n) is 6.57. The third-order valence-electron chi connectivity index (χ3n) is 8.54. The lowest BCUT2D eigenvalue weighted by Crippen LogP contribution is -2.49. The molecule has 0 aromatic carbocycles. The number of anilines is 1. The van der Waals surface area contributed by atoms with Crippen LogP contribution in [0, 0.1) is 22.6 Å². The van der Waals surface area contributed by atoms with Gasteiger partial charge in [-0.05, 0) is 59.1 Å². The van der Waals surface area contributed by atoms with Crippen molar-refractivity contribution in [1.82, 2.24) is 29.2 Å². The maximum absolute atomic E-state index is 14.8. The largest absolute Gasteiger partial charge is 0.362 e. The molecule has 38 heavy (non-hydrogen) atoms. The molecule has 3 aliphatic rings. The Hall–Kier alpha value is -3.45. The van der Waals surface area contributed by atoms with Gasteiger partial charge in [-0.15, -0.1) is 0 Å². The quantitative estimate of drug-likeness (QED) is 0.526. The highest BCUT2D eigenvalue weighted by atomic mass is 19.1. The third kappa shape index (κ3) is 3.95. The second-order valence-electron chi connectivity index (χ2n) is 11.9. The first-order valence-electron chi connectivity index (χ1n) is 13.6. The summed E-state index contributed by atoms with van der Waals surface area (Å²) in [6.45, 7) is 13.0. The number of nitriles is 1. The van der Waals surface area contributed by atoms with Gasteiger partial charge in [-0.1, -0.05) is 0 Å². The molecule has 1 saturated heterocycles. The summed E-state index contributed by atoms with van der Waals surface area (Å²) in [5, 5.41) is 18.6. The number of fused-ring (bicyclic) bond motifs is 4. The Bertz CT molecular complexity index is 1440. The van der Waals surface area contributed by atoms with Crippen LogP contribution in [0.3, 0.4) is 0 Å². The monoisotopic (exact) mass is 518 g/mol. The van der Waals surface area contributed by atoms with Crippen molar-refractivity contribution in [3.8, 4) is 6.07 Å². The molecule has 3 aromatic rings. The number of amides is 1. The lowest BCUT2D eigenvalue weighted by atomic mass is 9.88. The number of halogens is 1. The van der Waals surface area contributed by atoms with Gasteiger partial charge >= 0.3 is 0 Å². The second kappa shape index (κ2) is 9.09. The average molecular weight is 519 g/mol. The number of carbonyl (C=O) groups is 1. The lowest BCUT2D eigenvalue weighted by Gasteiger charge is -2.39. The maximum Gasteiger partial charge on any atom is 0.229 e. The van der Waals surface area contributed by atoms with Gasteiger partial charge < -0.3 is 9.80 Å². The van der Waals surface area contributed by atoms with E-state index in [1.165, 1.54) is 22.0 Å². The molecule has 0 unspecified atom stereocenters. The molecule has 0 aliphatic carbocycles. The van der Waals surface area contributed by atoms with Crippen molar-refractivity contribution in [3.63, 3.8) is 0 Å². The van der Waals surface area contributed by atoms with Crippen molar-refractivity contribution in [1.29, 1.82) is 5.26 Å². The Morgan fingerprint density at radius 2 is 1.95 bits per heavy atom. The summed E-state index contributed by atoms with van der Waals surface area (Å²) in [5.74, 6) is -0.177. The number of pyridine rings is 1. The fourth-order valence-corrected chi connectivity index (χ4v) is 6.57. The number of aromatic nitrogens is 4. The Labute approximate surface area is 222 Å². The summed E-state index contributed by atoms with van der Waals surface area (Å²) in [5.41, 5.74) is 4.45. The molecule has 3 aliphatic heterocycles. The molecule has 6 rings (SSSR count). The molecule has 0 saturated carbocycles. The van der Waals surface area contributed by atoms with Crippen molar-refractivity contribution >= 4 is 17.1 Å². The molecule has 3 aromatic heterocycles. The summed E-state index contributed by atoms with van der Waals surface area (Å²) in [6, 6.07) is 6.00. The normalized spacial score (nSPS) is 22.0. The number of hydrogen-bond donors (Lipinski definition) is 0. The van der Waals surface area contributed by atoms with Crippen LogP contribution >= 0.6 is 0 Å². The highest BCUT2D eigenvalue weighted by molar-refractivity contribution is 5.82. The molecule has 10 heteroatoms. The molecule has 1 fully saturated rings. The molecule has 0 N–H and O–H groups in total. The zero-order valence-electron chi connectivity index (χ0n) is 22.6. The van der Waals surface area contributed by atoms with Crippen molar-refractivity contribution in [2.24, 2.45) is 5.41 Å². The predicted octanol–water partition coefficient (Wildman–Crippen LogP) is 3.52. The molecule has 0 radical (unpaired) electrons. The van der Waals surface area contributed by atoms with E-state index in [0.717, 1.165) is 50.3 Å². The first kappa shape index (κ1) is 24.9. The third-order valence-corrected chi connectivity index (χ3v) is 8.54. The molecular formula is C28H35FN8O. The number of likely N-dealkylation sites (tertiary alicyclic amines) is 1. The molecule has 6 heterocycles. The minimum absolute atomic E-state index is 0.1000. The van der Waals surface area contributed by atoms with E-state index in [1.54, 1.807) is 6.07 Å². The van der Waals surface area contributed by atoms with Crippen molar-refractivity contribution in [2.75, 3.05) is 31.1 Å². The van der Waals surface area contributed by atoms with E-state index >= 15 is 0 Å². The molecule has 2 atom stereocenters. The number of carbonyl (C=O) groups excluding carboxylic acids is 1. The number of nitrogens with zero attached hydrogens (tertiary/aromatic N) is 8. The van der Waals surface area contributed by atoms with Gasteiger partial charge in [0.25, 0.3) is 0 Å². The number of rotatable bonds is 4. The van der Waals surface area contributed by atoms with E-state index in [1.807, 2.05) is 11.0 Å². The van der Waals surface area contributed by atoms with E-state index in [2.05, 4.69) is 53.3 Å². The average Bonchev–Trinajstić information content (AvgIpc) is 3.63. The van der Waals surface area contributed by atoms with Crippen molar-refractivity contribution in [2.45, 2.75) is 72.1 Å². The van der Waals surface area contributed by atoms with Crippen LogP contribution in [0.25, 0.3) is 5.52 Å². The minimum atomic E-state index is -0.449. The topological polar surface area (TPSA) is 85.7 Å². The first-order valence-corrected chi connectivity index (χ1v) is 13.6. The van der Waals surface area contributed by atoms with Crippen LogP contribution in [0.15, 0.2) is 18.3 Å². The van der Waals surface area contributed by atoms with Gasteiger partial charge in [-0.3, -0.25) is 14.4 Å². The standard InChI is InChI=1S/C28H35FN8O/c1-18-11-21-23(15-35(18)17-28(3,4)27(38)33-9-5-6-10-33)32-36-19(2)14-34(16-25(21)36)24-8-7-20(12-30)37-26(24)22(29)13-31-37/h7-8,13,18-19H,5-6,9-11,14-17H2,1-4H3/t18-,19+/m0/s1. The second-order valence-corrected chi connectivity index (χ2v) is 11.9. The zero-order chi connectivity index (χ0) is 26.8. The summed E-state index contributed by atoms with van der Waals surface area (Å²) in [4.78, 5) is 19.8.